The van der Waals surface area contributed by atoms with E-state index in [1.807, 2.05) is 6.20 Å². The number of nitrogens with one attached hydrogen (secondary N) is 1. The van der Waals surface area contributed by atoms with Crippen LogP contribution in [-0.2, 0) is 28.4 Å². The van der Waals surface area contributed by atoms with E-state index in [1.54, 1.807) is 29.5 Å². The molecule has 1 atom stereocenters. The SMILES string of the molecule is Cc1c(S(=O)(=O)N2CCC[C@H](C(=O)NCCCn3cc(Br)cn3)C2)cnn1C. The molecule has 3 rings (SSSR count). The van der Waals surface area contributed by atoms with Crippen molar-refractivity contribution < 1.29 is 13.2 Å². The van der Waals surface area contributed by atoms with Gasteiger partial charge in [0, 0.05) is 39.4 Å². The third-order valence-electron chi connectivity index (χ3n) is 5.03. The maximum atomic E-state index is 12.9. The predicted molar refractivity (Wildman–Crippen MR) is 107 cm³/mol. The zero-order valence-electron chi connectivity index (χ0n) is 16.0. The molecule has 2 aromatic rings. The summed E-state index contributed by atoms with van der Waals surface area (Å²) in [6.07, 6.45) is 7.09. The molecule has 0 aliphatic carbocycles. The van der Waals surface area contributed by atoms with Gasteiger partial charge in [-0.2, -0.15) is 14.5 Å². The number of amides is 1. The van der Waals surface area contributed by atoms with Crippen LogP contribution >= 0.6 is 15.9 Å². The van der Waals surface area contributed by atoms with Crippen molar-refractivity contribution in [1.82, 2.24) is 29.2 Å². The Labute approximate surface area is 173 Å². The highest BCUT2D eigenvalue weighted by atomic mass is 79.9. The monoisotopic (exact) mass is 472 g/mol. The van der Waals surface area contributed by atoms with Crippen LogP contribution in [0.5, 0.6) is 0 Å². The highest BCUT2D eigenvalue weighted by Crippen LogP contribution is 2.25. The lowest BCUT2D eigenvalue weighted by molar-refractivity contribution is -0.126. The van der Waals surface area contributed by atoms with Gasteiger partial charge in [-0.15, -0.1) is 0 Å². The number of sulfonamides is 1. The normalized spacial score (nSPS) is 18.3. The Kier molecular flexibility index (Phi) is 6.56. The summed E-state index contributed by atoms with van der Waals surface area (Å²) >= 11 is 3.35. The molecule has 154 valence electrons. The van der Waals surface area contributed by atoms with Crippen molar-refractivity contribution in [2.24, 2.45) is 13.0 Å². The number of carbonyl (C=O) groups is 1. The lowest BCUT2D eigenvalue weighted by Crippen LogP contribution is -2.45. The standard InChI is InChI=1S/C17H25BrN6O3S/c1-13-16(10-20-22(13)2)28(26,27)24-8-3-5-14(11-24)17(25)19-6-4-7-23-12-15(18)9-21-23/h9-10,12,14H,3-8,11H2,1-2H3,(H,19,25)/t14-/m0/s1. The summed E-state index contributed by atoms with van der Waals surface area (Å²) in [5.74, 6) is -0.427. The minimum atomic E-state index is -3.64. The maximum absolute atomic E-state index is 12.9. The number of piperidine rings is 1. The molecular weight excluding hydrogens is 448 g/mol. The highest BCUT2D eigenvalue weighted by Gasteiger charge is 2.34. The Balaban J connectivity index is 1.53. The number of aryl methyl sites for hydroxylation is 2. The Bertz CT molecular complexity index is 939. The maximum Gasteiger partial charge on any atom is 0.246 e. The summed E-state index contributed by atoms with van der Waals surface area (Å²) in [6.45, 7) is 3.59. The van der Waals surface area contributed by atoms with E-state index < -0.39 is 10.0 Å². The van der Waals surface area contributed by atoms with Crippen LogP contribution in [0.15, 0.2) is 28.0 Å². The Morgan fingerprint density at radius 3 is 2.79 bits per heavy atom. The Hall–Kier alpha value is -1.72. The molecule has 3 heterocycles. The molecule has 1 saturated heterocycles. The van der Waals surface area contributed by atoms with E-state index in [9.17, 15) is 13.2 Å². The van der Waals surface area contributed by atoms with Gasteiger partial charge in [-0.25, -0.2) is 8.42 Å². The molecule has 9 nitrogen and oxygen atoms in total. The van der Waals surface area contributed by atoms with Crippen molar-refractivity contribution in [2.75, 3.05) is 19.6 Å². The summed E-state index contributed by atoms with van der Waals surface area (Å²) in [5, 5.41) is 11.1. The molecule has 2 aromatic heterocycles. The fourth-order valence-electron chi connectivity index (χ4n) is 3.30. The molecule has 0 unspecified atom stereocenters. The molecule has 1 amide bonds. The van der Waals surface area contributed by atoms with Crippen molar-refractivity contribution in [3.8, 4) is 0 Å². The van der Waals surface area contributed by atoms with E-state index in [0.29, 0.717) is 38.2 Å². The summed E-state index contributed by atoms with van der Waals surface area (Å²) in [6, 6.07) is 0. The fourth-order valence-corrected chi connectivity index (χ4v) is 5.34. The van der Waals surface area contributed by atoms with Crippen LogP contribution < -0.4 is 5.32 Å². The van der Waals surface area contributed by atoms with Gasteiger partial charge in [0.25, 0.3) is 0 Å². The highest BCUT2D eigenvalue weighted by molar-refractivity contribution is 9.10. The Morgan fingerprint density at radius 1 is 1.36 bits per heavy atom. The summed E-state index contributed by atoms with van der Waals surface area (Å²) in [5.41, 5.74) is 0.594. The second kappa shape index (κ2) is 8.75. The summed E-state index contributed by atoms with van der Waals surface area (Å²) in [4.78, 5) is 12.7. The van der Waals surface area contributed by atoms with E-state index in [1.165, 1.54) is 10.5 Å². The van der Waals surface area contributed by atoms with Crippen molar-refractivity contribution in [3.05, 3.63) is 28.8 Å². The number of nitrogens with zero attached hydrogens (tertiary/aromatic N) is 5. The molecule has 0 aromatic carbocycles. The zero-order valence-corrected chi connectivity index (χ0v) is 18.4. The smallest absolute Gasteiger partial charge is 0.246 e. The van der Waals surface area contributed by atoms with Crippen LogP contribution in [0.3, 0.4) is 0 Å². The molecule has 1 fully saturated rings. The first-order valence-electron chi connectivity index (χ1n) is 9.23. The predicted octanol–water partition coefficient (Wildman–Crippen LogP) is 1.29. The lowest BCUT2D eigenvalue weighted by atomic mass is 9.99. The van der Waals surface area contributed by atoms with Crippen LogP contribution in [-0.4, -0.2) is 57.8 Å². The molecule has 1 aliphatic heterocycles. The van der Waals surface area contributed by atoms with E-state index in [4.69, 9.17) is 0 Å². The molecule has 0 bridgehead atoms. The molecule has 1 N–H and O–H groups in total. The second-order valence-corrected chi connectivity index (χ2v) is 9.81. The average Bonchev–Trinajstić information content (AvgIpc) is 3.24. The second-order valence-electron chi connectivity index (χ2n) is 6.99. The van der Waals surface area contributed by atoms with E-state index in [2.05, 4.69) is 31.4 Å². The van der Waals surface area contributed by atoms with Gasteiger partial charge in [0.15, 0.2) is 0 Å². The third kappa shape index (κ3) is 4.64. The van der Waals surface area contributed by atoms with Crippen LogP contribution in [0.2, 0.25) is 0 Å². The quantitative estimate of drug-likeness (QED) is 0.611. The zero-order chi connectivity index (χ0) is 20.3. The van der Waals surface area contributed by atoms with Gasteiger partial charge in [0.1, 0.15) is 4.90 Å². The van der Waals surface area contributed by atoms with Crippen LogP contribution in [0.25, 0.3) is 0 Å². The first-order chi connectivity index (χ1) is 13.3. The number of halogens is 1. The van der Waals surface area contributed by atoms with E-state index in [0.717, 1.165) is 10.9 Å². The molecule has 1 aliphatic rings. The largest absolute Gasteiger partial charge is 0.356 e. The van der Waals surface area contributed by atoms with Crippen LogP contribution in [0.1, 0.15) is 25.0 Å². The number of hydrogen-bond acceptors (Lipinski definition) is 5. The van der Waals surface area contributed by atoms with Gasteiger partial charge in [0.05, 0.1) is 28.5 Å². The first kappa shape index (κ1) is 21.0. The van der Waals surface area contributed by atoms with Crippen molar-refractivity contribution >= 4 is 31.9 Å². The molecular formula is C17H25BrN6O3S. The fraction of sp³-hybridized carbons (Fsp3) is 0.588. The minimum absolute atomic E-state index is 0.0931. The first-order valence-corrected chi connectivity index (χ1v) is 11.5. The number of rotatable bonds is 7. The summed E-state index contributed by atoms with van der Waals surface area (Å²) in [7, 11) is -1.93. The summed E-state index contributed by atoms with van der Waals surface area (Å²) < 4.78 is 31.5. The van der Waals surface area contributed by atoms with Gasteiger partial charge in [-0.1, -0.05) is 0 Å². The Morgan fingerprint density at radius 2 is 2.14 bits per heavy atom. The van der Waals surface area contributed by atoms with Crippen molar-refractivity contribution in [3.63, 3.8) is 0 Å². The number of hydrogen-bond donors (Lipinski definition) is 1. The van der Waals surface area contributed by atoms with Crippen LogP contribution in [0, 0.1) is 12.8 Å². The van der Waals surface area contributed by atoms with Crippen LogP contribution in [0.4, 0.5) is 0 Å². The third-order valence-corrected chi connectivity index (χ3v) is 7.41. The van der Waals surface area contributed by atoms with E-state index in [-0.39, 0.29) is 23.3 Å². The number of aromatic nitrogens is 4. The lowest BCUT2D eigenvalue weighted by Gasteiger charge is -2.31. The van der Waals surface area contributed by atoms with Gasteiger partial charge < -0.3 is 5.32 Å². The molecule has 28 heavy (non-hydrogen) atoms. The van der Waals surface area contributed by atoms with Gasteiger partial charge in [0.2, 0.25) is 15.9 Å². The molecule has 11 heteroatoms. The average molecular weight is 473 g/mol. The van der Waals surface area contributed by atoms with Gasteiger partial charge in [-0.05, 0) is 42.1 Å². The van der Waals surface area contributed by atoms with Gasteiger partial charge >= 0.3 is 0 Å². The van der Waals surface area contributed by atoms with Crippen molar-refractivity contribution in [2.45, 2.75) is 37.6 Å². The number of carbonyl (C=O) groups excluding carboxylic acids is 1. The topological polar surface area (TPSA) is 102 Å². The van der Waals surface area contributed by atoms with Gasteiger partial charge in [-0.3, -0.25) is 14.2 Å². The molecule has 0 radical (unpaired) electrons. The molecule has 0 saturated carbocycles. The van der Waals surface area contributed by atoms with E-state index >= 15 is 0 Å². The molecule has 0 spiro atoms. The minimum Gasteiger partial charge on any atom is -0.356 e. The van der Waals surface area contributed by atoms with Crippen molar-refractivity contribution in [1.29, 1.82) is 0 Å².